The van der Waals surface area contributed by atoms with Gasteiger partial charge in [0.2, 0.25) is 47.3 Å². The zero-order chi connectivity index (χ0) is 73.3. The van der Waals surface area contributed by atoms with Gasteiger partial charge in [-0.25, -0.2) is 9.59 Å². The van der Waals surface area contributed by atoms with Crippen molar-refractivity contribution in [1.82, 2.24) is 67.7 Å². The number of aromatic nitrogens is 3. The first-order chi connectivity index (χ1) is 48.0. The molecule has 11 unspecified atom stereocenters. The Morgan fingerprint density at radius 2 is 1.19 bits per heavy atom. The number of amides is 8. The van der Waals surface area contributed by atoms with E-state index in [1.807, 2.05) is 78.9 Å². The van der Waals surface area contributed by atoms with Crippen molar-refractivity contribution < 1.29 is 67.3 Å². The lowest BCUT2D eigenvalue weighted by atomic mass is 9.85. The fourth-order valence-electron chi connectivity index (χ4n) is 11.9. The van der Waals surface area contributed by atoms with Crippen molar-refractivity contribution in [2.24, 2.45) is 10.8 Å². The molecule has 10 N–H and O–H groups in total. The molecule has 3 aliphatic heterocycles. The van der Waals surface area contributed by atoms with Crippen LogP contribution in [0, 0.1) is 10.8 Å². The third-order valence-electron chi connectivity index (χ3n) is 18.1. The number of nitrogens with one attached hydrogen (secondary N) is 9. The Balaban J connectivity index is 1.15. The molecule has 5 aromatic carbocycles. The van der Waals surface area contributed by atoms with Crippen LogP contribution >= 0.6 is 0 Å². The number of likely N-dealkylation sites (N-methyl/N-ethyl adjacent to an activating group) is 2. The molecule has 9 rings (SSSR count). The van der Waals surface area contributed by atoms with Crippen molar-refractivity contribution >= 4 is 80.7 Å². The van der Waals surface area contributed by atoms with E-state index in [0.29, 0.717) is 22.4 Å². The van der Waals surface area contributed by atoms with Gasteiger partial charge in [-0.2, -0.15) is 0 Å². The van der Waals surface area contributed by atoms with Gasteiger partial charge in [0.15, 0.2) is 0 Å². The number of carboxylic acid groups (broad SMARTS) is 1. The van der Waals surface area contributed by atoms with E-state index in [4.69, 9.17) is 14.2 Å². The van der Waals surface area contributed by atoms with Crippen LogP contribution in [0.3, 0.4) is 0 Å². The van der Waals surface area contributed by atoms with E-state index in [1.165, 1.54) is 15.8 Å². The molecule has 540 valence electrons. The largest absolute Gasteiger partial charge is 0.490 e. The molecule has 4 heterocycles. The monoisotopic (exact) mass is 1390 g/mol. The SMILES string of the molecule is CNC(C)C(=O)NC(C(=O)NC1CC=CCOc2ccc(cc2)CC(C(=O)O)NC(=O)C(Cc2ccc3ccccc3c2)NC(=O)C2C(CCN2C(=O)C(NC(=O)C(C)NC)C(C)(C)C)OCc2cn(nn2)CCC(C(=O)OC)NC(=O)C(Cc2ccc3ccccc3c2)NC1=O)C(C)(C)C. The average molecular weight is 1390 g/mol. The number of carbonyl (C=O) groups is 10. The summed E-state index contributed by atoms with van der Waals surface area (Å²) in [7, 11) is 4.37. The topological polar surface area (TPSA) is 361 Å². The van der Waals surface area contributed by atoms with Crippen molar-refractivity contribution in [2.45, 2.75) is 174 Å². The number of carboxylic acids is 1. The molecule has 3 aliphatic rings. The van der Waals surface area contributed by atoms with Gasteiger partial charge in [0, 0.05) is 32.4 Å². The van der Waals surface area contributed by atoms with Crippen LogP contribution in [0.5, 0.6) is 5.75 Å². The highest BCUT2D eigenvalue weighted by Gasteiger charge is 2.48. The van der Waals surface area contributed by atoms with E-state index in [9.17, 15) is 43.5 Å². The van der Waals surface area contributed by atoms with Gasteiger partial charge in [-0.15, -0.1) is 5.10 Å². The van der Waals surface area contributed by atoms with Crippen molar-refractivity contribution in [3.05, 3.63) is 150 Å². The summed E-state index contributed by atoms with van der Waals surface area (Å²) in [6, 6.07) is 20.7. The first kappa shape index (κ1) is 76.6. The predicted molar refractivity (Wildman–Crippen MR) is 377 cm³/mol. The van der Waals surface area contributed by atoms with Crippen molar-refractivity contribution in [2.75, 3.05) is 34.4 Å². The lowest BCUT2D eigenvalue weighted by Gasteiger charge is -2.37. The van der Waals surface area contributed by atoms with Crippen molar-refractivity contribution in [1.29, 1.82) is 0 Å². The Hall–Kier alpha value is -10.1. The third-order valence-corrected chi connectivity index (χ3v) is 18.1. The Morgan fingerprint density at radius 1 is 0.644 bits per heavy atom. The average Bonchev–Trinajstić information content (AvgIpc) is 1.68. The standard InChI is InChI=1S/C74H95N13O14/c1-43(75-9)63(88)82-61(73(3,4)5)69(94)77-54-22-16-17-35-100-53-29-25-45(26-30-53)38-58(71(96)97)81-67(92)57(40-47-24-28-49-19-13-15-21-51(49)37-47)80-68(93)60-59(32-34-87(60)70(95)62(74(6,7)8)83-64(89)44(2)76-10)101-42-52-41-86(85-84-52)33-31-55(72(98)99-11)78-66(91)56(79-65(54)90)39-46-23-27-48-18-12-14-20-50(48)36-46/h12-21,23-30,36-37,41,43-44,54-62,75-76H,22,31-35,38-40,42H2,1-11H3,(H,77,94)(H,78,91)(H,79,90)(H,80,93)(H,81,92)(H,82,88)(H,83,89)(H,96,97). The van der Waals surface area contributed by atoms with E-state index in [0.717, 1.165) is 28.7 Å². The number of carbonyl (C=O) groups excluding carboxylic acids is 9. The quantitative estimate of drug-likeness (QED) is 0.0519. The predicted octanol–water partition coefficient (Wildman–Crippen LogP) is 3.49. The summed E-state index contributed by atoms with van der Waals surface area (Å²) < 4.78 is 19.2. The Bertz CT molecular complexity index is 3980. The van der Waals surface area contributed by atoms with Gasteiger partial charge >= 0.3 is 11.9 Å². The van der Waals surface area contributed by atoms with Gasteiger partial charge in [-0.3, -0.25) is 43.0 Å². The van der Waals surface area contributed by atoms with Crippen LogP contribution in [-0.4, -0.2) is 185 Å². The number of benzene rings is 5. The van der Waals surface area contributed by atoms with Crippen LogP contribution < -0.4 is 52.6 Å². The second kappa shape index (κ2) is 34.8. The third kappa shape index (κ3) is 21.0. The number of likely N-dealkylation sites (tertiary alicyclic amines) is 1. The second-order valence-corrected chi connectivity index (χ2v) is 27.8. The molecular weight excluding hydrogens is 1290 g/mol. The molecule has 4 bridgehead atoms. The molecule has 0 saturated carbocycles. The van der Waals surface area contributed by atoms with Gasteiger partial charge in [0.1, 0.15) is 66.4 Å². The first-order valence-corrected chi connectivity index (χ1v) is 33.9. The lowest BCUT2D eigenvalue weighted by Crippen LogP contribution is -2.62. The molecule has 8 amide bonds. The summed E-state index contributed by atoms with van der Waals surface area (Å²) in [6.07, 6.45) is 3.17. The molecule has 1 saturated heterocycles. The molecule has 1 fully saturated rings. The van der Waals surface area contributed by atoms with Crippen LogP contribution in [0.15, 0.2) is 128 Å². The van der Waals surface area contributed by atoms with Crippen LogP contribution in [0.2, 0.25) is 0 Å². The number of hydrogen-bond acceptors (Lipinski definition) is 17. The highest BCUT2D eigenvalue weighted by molar-refractivity contribution is 5.98. The second-order valence-electron chi connectivity index (χ2n) is 27.8. The number of aliphatic carboxylic acids is 1. The molecular formula is C74H95N13O14. The van der Waals surface area contributed by atoms with E-state index in [-0.39, 0.29) is 70.5 Å². The maximum atomic E-state index is 15.3. The molecule has 1 aromatic heterocycles. The molecule has 0 spiro atoms. The smallest absolute Gasteiger partial charge is 0.328 e. The number of fused-ring (bicyclic) bond motifs is 23. The van der Waals surface area contributed by atoms with E-state index in [2.05, 4.69) is 58.2 Å². The number of aryl methyl sites for hydroxylation is 1. The molecule has 101 heavy (non-hydrogen) atoms. The number of rotatable bonds is 15. The van der Waals surface area contributed by atoms with Gasteiger partial charge in [-0.05, 0) is 108 Å². The zero-order valence-corrected chi connectivity index (χ0v) is 59.1. The maximum Gasteiger partial charge on any atom is 0.328 e. The van der Waals surface area contributed by atoms with Crippen LogP contribution in [0.25, 0.3) is 21.5 Å². The molecule has 0 radical (unpaired) electrons. The Morgan fingerprint density at radius 3 is 1.73 bits per heavy atom. The molecule has 6 aromatic rings. The van der Waals surface area contributed by atoms with Crippen LogP contribution in [0.1, 0.15) is 97.0 Å². The summed E-state index contributed by atoms with van der Waals surface area (Å²) >= 11 is 0. The van der Waals surface area contributed by atoms with Crippen LogP contribution in [-0.2, 0) is 89.8 Å². The number of nitrogens with zero attached hydrogens (tertiary/aromatic N) is 4. The minimum Gasteiger partial charge on any atom is -0.490 e. The Kier molecular flexibility index (Phi) is 26.4. The fourth-order valence-corrected chi connectivity index (χ4v) is 11.9. The highest BCUT2D eigenvalue weighted by Crippen LogP contribution is 2.30. The highest BCUT2D eigenvalue weighted by atomic mass is 16.5. The first-order valence-electron chi connectivity index (χ1n) is 33.9. The van der Waals surface area contributed by atoms with E-state index < -0.39 is 137 Å². The summed E-state index contributed by atoms with van der Waals surface area (Å²) in [5.41, 5.74) is 0.278. The number of methoxy groups -OCH3 is 1. The van der Waals surface area contributed by atoms with E-state index in [1.54, 1.807) is 112 Å². The molecule has 27 nitrogen and oxygen atoms in total. The summed E-state index contributed by atoms with van der Waals surface area (Å²) in [4.78, 5) is 145. The minimum absolute atomic E-state index is 0.0261. The molecule has 27 heteroatoms. The van der Waals surface area contributed by atoms with Gasteiger partial charge in [0.25, 0.3) is 0 Å². The number of hydrogen-bond donors (Lipinski definition) is 10. The van der Waals surface area contributed by atoms with Crippen molar-refractivity contribution in [3.8, 4) is 5.75 Å². The lowest BCUT2D eigenvalue weighted by molar-refractivity contribution is -0.147. The maximum absolute atomic E-state index is 15.3. The fraction of sp³-hybridized carbons (Fsp3) is 0.459. The minimum atomic E-state index is -1.51. The number of ether oxygens (including phenoxy) is 3. The summed E-state index contributed by atoms with van der Waals surface area (Å²) in [6.45, 7) is 13.5. The van der Waals surface area contributed by atoms with Gasteiger partial charge in [0.05, 0.1) is 38.1 Å². The van der Waals surface area contributed by atoms with Gasteiger partial charge in [-0.1, -0.05) is 156 Å². The van der Waals surface area contributed by atoms with Gasteiger partial charge < -0.3 is 72.1 Å². The molecule has 11 atom stereocenters. The summed E-state index contributed by atoms with van der Waals surface area (Å²) in [5, 5.41) is 48.3. The van der Waals surface area contributed by atoms with Crippen LogP contribution in [0.4, 0.5) is 0 Å². The van der Waals surface area contributed by atoms with E-state index >= 15 is 9.59 Å². The Labute approximate surface area is 587 Å². The zero-order valence-electron chi connectivity index (χ0n) is 59.1. The summed E-state index contributed by atoms with van der Waals surface area (Å²) in [5.74, 6) is -7.22. The van der Waals surface area contributed by atoms with Crippen molar-refractivity contribution in [3.63, 3.8) is 0 Å². The molecule has 0 aliphatic carbocycles. The number of esters is 1. The normalized spacial score (nSPS) is 21.5.